The number of aliphatic hydroxyl groups excluding tert-OH is 1. The Hall–Kier alpha value is -2.78. The normalized spacial score (nSPS) is 10.5. The van der Waals surface area contributed by atoms with Gasteiger partial charge >= 0.3 is 0 Å². The van der Waals surface area contributed by atoms with Crippen molar-refractivity contribution in [2.75, 3.05) is 29.1 Å². The Morgan fingerprint density at radius 3 is 2.11 bits per heavy atom. The van der Waals surface area contributed by atoms with Crippen molar-refractivity contribution >= 4 is 45.0 Å². The quantitative estimate of drug-likeness (QED) is 0.451. The van der Waals surface area contributed by atoms with Crippen LogP contribution in [0.4, 0.5) is 29.1 Å². The zero-order valence-corrected chi connectivity index (χ0v) is 16.6. The van der Waals surface area contributed by atoms with Crippen LogP contribution in [0.5, 0.6) is 0 Å². The number of halogens is 1. The molecule has 0 unspecified atom stereocenters. The number of nitrogens with one attached hydrogen (secondary N) is 3. The number of aliphatic hydroxyl groups is 1. The van der Waals surface area contributed by atoms with Gasteiger partial charge < -0.3 is 21.1 Å². The van der Waals surface area contributed by atoms with Gasteiger partial charge in [0.15, 0.2) is 0 Å². The van der Waals surface area contributed by atoms with Gasteiger partial charge in [-0.15, -0.1) is 0 Å². The molecule has 9 heteroatoms. The van der Waals surface area contributed by atoms with Crippen LogP contribution < -0.4 is 16.0 Å². The molecule has 0 bridgehead atoms. The molecule has 2 heterocycles. The van der Waals surface area contributed by atoms with Crippen LogP contribution in [0, 0.1) is 13.8 Å². The van der Waals surface area contributed by atoms with Crippen molar-refractivity contribution in [3.05, 3.63) is 52.4 Å². The van der Waals surface area contributed by atoms with Crippen molar-refractivity contribution in [3.63, 3.8) is 0 Å². The molecule has 4 N–H and O–H groups in total. The van der Waals surface area contributed by atoms with Gasteiger partial charge in [0, 0.05) is 35.5 Å². The molecular weight excluding hydrogens is 410 g/mol. The van der Waals surface area contributed by atoms with Crippen LogP contribution in [-0.4, -0.2) is 38.2 Å². The maximum Gasteiger partial charge on any atom is 0.229 e. The standard InChI is InChI=1S/C18H20BrN7O/c1-11-9-12(2)23-18(22-11)25-14-5-3-13(4-6-14)24-17-21-10-15(19)16(26-17)20-7-8-27/h3-6,9-10,27H,7-8H2,1-2H3,(H,22,23,25)(H2,20,21,24,26). The topological polar surface area (TPSA) is 108 Å². The first kappa shape index (κ1) is 19.0. The fourth-order valence-corrected chi connectivity index (χ4v) is 2.73. The van der Waals surface area contributed by atoms with E-state index < -0.39 is 0 Å². The van der Waals surface area contributed by atoms with E-state index in [1.54, 1.807) is 6.20 Å². The van der Waals surface area contributed by atoms with Crippen molar-refractivity contribution in [3.8, 4) is 0 Å². The Bertz CT molecular complexity index is 898. The molecule has 0 fully saturated rings. The van der Waals surface area contributed by atoms with E-state index in [4.69, 9.17) is 5.11 Å². The van der Waals surface area contributed by atoms with Crippen LogP contribution in [0.25, 0.3) is 0 Å². The average Bonchev–Trinajstić information content (AvgIpc) is 2.63. The molecule has 0 spiro atoms. The molecule has 2 aromatic heterocycles. The maximum atomic E-state index is 8.93. The number of aryl methyl sites for hydroxylation is 2. The zero-order valence-electron chi connectivity index (χ0n) is 15.0. The Kier molecular flexibility index (Phi) is 6.15. The lowest BCUT2D eigenvalue weighted by molar-refractivity contribution is 0.311. The minimum atomic E-state index is 0.0256. The fraction of sp³-hybridized carbons (Fsp3) is 0.222. The van der Waals surface area contributed by atoms with E-state index in [1.807, 2.05) is 44.2 Å². The Morgan fingerprint density at radius 2 is 1.52 bits per heavy atom. The van der Waals surface area contributed by atoms with E-state index >= 15 is 0 Å². The van der Waals surface area contributed by atoms with Crippen molar-refractivity contribution in [1.82, 2.24) is 19.9 Å². The molecule has 0 atom stereocenters. The summed E-state index contributed by atoms with van der Waals surface area (Å²) in [5.74, 6) is 1.65. The second-order valence-corrected chi connectivity index (χ2v) is 6.70. The first-order chi connectivity index (χ1) is 13.0. The molecule has 0 saturated heterocycles. The lowest BCUT2D eigenvalue weighted by Gasteiger charge is -2.10. The molecule has 0 radical (unpaired) electrons. The molecule has 0 aliphatic rings. The highest BCUT2D eigenvalue weighted by atomic mass is 79.9. The van der Waals surface area contributed by atoms with Gasteiger partial charge in [-0.1, -0.05) is 0 Å². The molecule has 3 aromatic rings. The molecule has 0 aliphatic heterocycles. The summed E-state index contributed by atoms with van der Waals surface area (Å²) < 4.78 is 0.731. The second kappa shape index (κ2) is 8.74. The number of nitrogens with zero attached hydrogens (tertiary/aromatic N) is 4. The monoisotopic (exact) mass is 429 g/mol. The fourth-order valence-electron chi connectivity index (χ4n) is 2.40. The second-order valence-electron chi connectivity index (χ2n) is 5.84. The summed E-state index contributed by atoms with van der Waals surface area (Å²) in [6, 6.07) is 9.61. The molecule has 27 heavy (non-hydrogen) atoms. The molecule has 0 aliphatic carbocycles. The summed E-state index contributed by atoms with van der Waals surface area (Å²) in [5.41, 5.74) is 3.56. The zero-order chi connectivity index (χ0) is 19.2. The number of anilines is 5. The number of hydrogen-bond acceptors (Lipinski definition) is 8. The third-order valence-corrected chi connectivity index (χ3v) is 4.11. The van der Waals surface area contributed by atoms with Gasteiger partial charge in [-0.2, -0.15) is 4.98 Å². The van der Waals surface area contributed by atoms with Gasteiger partial charge in [-0.3, -0.25) is 0 Å². The molecular formula is C18H20BrN7O. The molecule has 140 valence electrons. The molecule has 0 amide bonds. The van der Waals surface area contributed by atoms with Gasteiger partial charge in [0.25, 0.3) is 0 Å². The van der Waals surface area contributed by atoms with E-state index in [0.29, 0.717) is 24.3 Å². The predicted molar refractivity (Wildman–Crippen MR) is 110 cm³/mol. The highest BCUT2D eigenvalue weighted by Gasteiger charge is 2.06. The largest absolute Gasteiger partial charge is 0.395 e. The number of hydrogen-bond donors (Lipinski definition) is 4. The highest BCUT2D eigenvalue weighted by molar-refractivity contribution is 9.10. The summed E-state index contributed by atoms with van der Waals surface area (Å²) in [7, 11) is 0. The Balaban J connectivity index is 1.68. The number of benzene rings is 1. The summed E-state index contributed by atoms with van der Waals surface area (Å²) in [6.45, 7) is 4.32. The summed E-state index contributed by atoms with van der Waals surface area (Å²) in [5, 5.41) is 18.3. The first-order valence-corrected chi connectivity index (χ1v) is 9.16. The van der Waals surface area contributed by atoms with E-state index in [0.717, 1.165) is 27.2 Å². The van der Waals surface area contributed by atoms with E-state index in [1.165, 1.54) is 0 Å². The van der Waals surface area contributed by atoms with Gasteiger partial charge in [0.05, 0.1) is 11.1 Å². The van der Waals surface area contributed by atoms with E-state index in [-0.39, 0.29) is 6.61 Å². The summed E-state index contributed by atoms with van der Waals surface area (Å²) in [4.78, 5) is 17.4. The minimum absolute atomic E-state index is 0.0256. The predicted octanol–water partition coefficient (Wildman–Crippen LogP) is 3.54. The van der Waals surface area contributed by atoms with Crippen LogP contribution in [0.3, 0.4) is 0 Å². The summed E-state index contributed by atoms with van der Waals surface area (Å²) >= 11 is 3.38. The Morgan fingerprint density at radius 1 is 0.926 bits per heavy atom. The summed E-state index contributed by atoms with van der Waals surface area (Å²) in [6.07, 6.45) is 1.66. The number of aromatic nitrogens is 4. The van der Waals surface area contributed by atoms with Crippen LogP contribution >= 0.6 is 15.9 Å². The maximum absolute atomic E-state index is 8.93. The van der Waals surface area contributed by atoms with E-state index in [9.17, 15) is 0 Å². The van der Waals surface area contributed by atoms with Crippen LogP contribution in [0.1, 0.15) is 11.4 Å². The molecule has 1 aromatic carbocycles. The lowest BCUT2D eigenvalue weighted by Crippen LogP contribution is -2.09. The highest BCUT2D eigenvalue weighted by Crippen LogP contribution is 2.23. The van der Waals surface area contributed by atoms with Crippen molar-refractivity contribution < 1.29 is 5.11 Å². The molecule has 8 nitrogen and oxygen atoms in total. The average molecular weight is 430 g/mol. The van der Waals surface area contributed by atoms with Crippen molar-refractivity contribution in [2.45, 2.75) is 13.8 Å². The van der Waals surface area contributed by atoms with Crippen molar-refractivity contribution in [1.29, 1.82) is 0 Å². The third kappa shape index (κ3) is 5.35. The molecule has 0 saturated carbocycles. The Labute approximate surface area is 165 Å². The van der Waals surface area contributed by atoms with Crippen LogP contribution in [0.15, 0.2) is 41.0 Å². The van der Waals surface area contributed by atoms with Gasteiger partial charge in [-0.05, 0) is 60.1 Å². The van der Waals surface area contributed by atoms with Crippen molar-refractivity contribution in [2.24, 2.45) is 0 Å². The van der Waals surface area contributed by atoms with Crippen LogP contribution in [-0.2, 0) is 0 Å². The third-order valence-electron chi connectivity index (χ3n) is 3.53. The first-order valence-electron chi connectivity index (χ1n) is 8.37. The van der Waals surface area contributed by atoms with Crippen LogP contribution in [0.2, 0.25) is 0 Å². The SMILES string of the molecule is Cc1cc(C)nc(Nc2ccc(Nc3ncc(Br)c(NCCO)n3)cc2)n1. The van der Waals surface area contributed by atoms with Gasteiger partial charge in [-0.25, -0.2) is 15.0 Å². The molecule has 3 rings (SSSR count). The number of rotatable bonds is 7. The van der Waals surface area contributed by atoms with Gasteiger partial charge in [0.1, 0.15) is 5.82 Å². The van der Waals surface area contributed by atoms with Gasteiger partial charge in [0.2, 0.25) is 11.9 Å². The van der Waals surface area contributed by atoms with E-state index in [2.05, 4.69) is 51.8 Å². The lowest BCUT2D eigenvalue weighted by atomic mass is 10.3. The minimum Gasteiger partial charge on any atom is -0.395 e. The smallest absolute Gasteiger partial charge is 0.229 e.